The maximum atomic E-state index is 14.5. The fraction of sp³-hybridized carbons (Fsp3) is 0.120. The molecule has 3 aromatic carbocycles. The predicted octanol–water partition coefficient (Wildman–Crippen LogP) is 5.72. The normalized spacial score (nSPS) is 13.7. The van der Waals surface area contributed by atoms with E-state index in [9.17, 15) is 18.4 Å². The van der Waals surface area contributed by atoms with Gasteiger partial charge in [-0.05, 0) is 61.4 Å². The van der Waals surface area contributed by atoms with Crippen molar-refractivity contribution in [2.24, 2.45) is 0 Å². The van der Waals surface area contributed by atoms with E-state index in [1.54, 1.807) is 42.5 Å². The molecule has 0 saturated heterocycles. The van der Waals surface area contributed by atoms with Crippen LogP contribution < -0.4 is 15.0 Å². The van der Waals surface area contributed by atoms with Crippen molar-refractivity contribution < 1.29 is 23.1 Å². The highest BCUT2D eigenvalue weighted by atomic mass is 35.5. The lowest BCUT2D eigenvalue weighted by atomic mass is 10.0. The first kappa shape index (κ1) is 22.5. The lowest BCUT2D eigenvalue weighted by molar-refractivity contribution is -0.120. The molecule has 1 N–H and O–H groups in total. The molecule has 0 aromatic heterocycles. The fourth-order valence-electron chi connectivity index (χ4n) is 3.54. The van der Waals surface area contributed by atoms with Crippen LogP contribution >= 0.6 is 11.6 Å². The Morgan fingerprint density at radius 3 is 2.36 bits per heavy atom. The van der Waals surface area contributed by atoms with Gasteiger partial charge in [-0.2, -0.15) is 0 Å². The van der Waals surface area contributed by atoms with Crippen molar-refractivity contribution in [2.75, 3.05) is 16.8 Å². The van der Waals surface area contributed by atoms with Crippen LogP contribution in [-0.4, -0.2) is 18.4 Å². The number of nitrogens with zero attached hydrogens (tertiary/aromatic N) is 1. The average molecular weight is 469 g/mol. The van der Waals surface area contributed by atoms with Gasteiger partial charge in [0.05, 0.1) is 17.9 Å². The molecule has 0 spiro atoms. The summed E-state index contributed by atoms with van der Waals surface area (Å²) >= 11 is 6.11. The van der Waals surface area contributed by atoms with E-state index in [0.29, 0.717) is 39.6 Å². The number of rotatable bonds is 6. The van der Waals surface area contributed by atoms with E-state index in [0.717, 1.165) is 17.7 Å². The van der Waals surface area contributed by atoms with Crippen LogP contribution in [0.3, 0.4) is 0 Å². The molecule has 0 saturated carbocycles. The quantitative estimate of drug-likeness (QED) is 0.470. The first-order valence-corrected chi connectivity index (χ1v) is 10.5. The van der Waals surface area contributed by atoms with E-state index in [1.165, 1.54) is 0 Å². The highest BCUT2D eigenvalue weighted by Crippen LogP contribution is 2.36. The predicted molar refractivity (Wildman–Crippen MR) is 123 cm³/mol. The van der Waals surface area contributed by atoms with Gasteiger partial charge in [0, 0.05) is 16.8 Å². The smallest absolute Gasteiger partial charge is 0.282 e. The van der Waals surface area contributed by atoms with Crippen LogP contribution in [0.25, 0.3) is 5.57 Å². The van der Waals surface area contributed by atoms with Crippen LogP contribution in [0.1, 0.15) is 18.1 Å². The molecule has 0 unspecified atom stereocenters. The average Bonchev–Trinajstić information content (AvgIpc) is 3.01. The third-order valence-electron chi connectivity index (χ3n) is 5.15. The summed E-state index contributed by atoms with van der Waals surface area (Å²) in [6, 6.07) is 14.4. The number of hydrogen-bond donors (Lipinski definition) is 1. The van der Waals surface area contributed by atoms with Crippen LogP contribution in [0, 0.1) is 18.6 Å². The number of carbonyl (C=O) groups excluding carboxylic acids is 2. The van der Waals surface area contributed by atoms with E-state index in [4.69, 9.17) is 16.3 Å². The summed E-state index contributed by atoms with van der Waals surface area (Å²) in [5, 5.41) is 3.44. The van der Waals surface area contributed by atoms with Gasteiger partial charge in [0.25, 0.3) is 11.8 Å². The number of hydrogen-bond acceptors (Lipinski definition) is 4. The Hall–Kier alpha value is -3.71. The van der Waals surface area contributed by atoms with Gasteiger partial charge in [-0.1, -0.05) is 29.8 Å². The van der Waals surface area contributed by atoms with Crippen molar-refractivity contribution in [1.29, 1.82) is 0 Å². The molecular weight excluding hydrogens is 450 g/mol. The first-order chi connectivity index (χ1) is 15.8. The number of aryl methyl sites for hydroxylation is 1. The molecule has 8 heteroatoms. The molecule has 0 fully saturated rings. The third-order valence-corrected chi connectivity index (χ3v) is 5.38. The minimum atomic E-state index is -1.03. The SMILES string of the molecule is CCOc1ccc(C2=C(Nc3cc(Cl)ccc3C)C(=O)N(c3ccc(F)cc3F)C2=O)cc1. The lowest BCUT2D eigenvalue weighted by Gasteiger charge is -2.16. The number of carbonyl (C=O) groups is 2. The summed E-state index contributed by atoms with van der Waals surface area (Å²) in [5.41, 5.74) is 1.40. The first-order valence-electron chi connectivity index (χ1n) is 10.1. The fourth-order valence-corrected chi connectivity index (χ4v) is 3.72. The Bertz CT molecular complexity index is 1290. The van der Waals surface area contributed by atoms with Gasteiger partial charge in [0.2, 0.25) is 0 Å². The van der Waals surface area contributed by atoms with E-state index < -0.39 is 23.4 Å². The summed E-state index contributed by atoms with van der Waals surface area (Å²) in [6.07, 6.45) is 0. The van der Waals surface area contributed by atoms with E-state index in [2.05, 4.69) is 5.32 Å². The molecule has 0 aliphatic carbocycles. The molecule has 3 aromatic rings. The molecule has 4 rings (SSSR count). The van der Waals surface area contributed by atoms with E-state index >= 15 is 0 Å². The van der Waals surface area contributed by atoms with Gasteiger partial charge in [-0.3, -0.25) is 9.59 Å². The van der Waals surface area contributed by atoms with Crippen molar-refractivity contribution in [3.8, 4) is 5.75 Å². The van der Waals surface area contributed by atoms with Crippen LogP contribution in [0.4, 0.5) is 20.2 Å². The molecule has 168 valence electrons. The maximum absolute atomic E-state index is 14.5. The Labute approximate surface area is 194 Å². The van der Waals surface area contributed by atoms with Gasteiger partial charge in [-0.15, -0.1) is 0 Å². The summed E-state index contributed by atoms with van der Waals surface area (Å²) in [5.74, 6) is -2.75. The largest absolute Gasteiger partial charge is 0.494 e. The van der Waals surface area contributed by atoms with Crippen molar-refractivity contribution in [1.82, 2.24) is 0 Å². The van der Waals surface area contributed by atoms with Gasteiger partial charge in [0.1, 0.15) is 23.1 Å². The van der Waals surface area contributed by atoms with Crippen molar-refractivity contribution in [3.63, 3.8) is 0 Å². The zero-order chi connectivity index (χ0) is 23.7. The zero-order valence-corrected chi connectivity index (χ0v) is 18.5. The number of amides is 2. The summed E-state index contributed by atoms with van der Waals surface area (Å²) in [6.45, 7) is 4.13. The lowest BCUT2D eigenvalue weighted by Crippen LogP contribution is -2.33. The Morgan fingerprint density at radius 1 is 0.970 bits per heavy atom. The number of benzene rings is 3. The molecule has 1 aliphatic rings. The highest BCUT2D eigenvalue weighted by molar-refractivity contribution is 6.46. The molecule has 1 aliphatic heterocycles. The summed E-state index contributed by atoms with van der Waals surface area (Å²) in [7, 11) is 0. The van der Waals surface area contributed by atoms with Gasteiger partial charge < -0.3 is 10.1 Å². The number of halogens is 3. The standard InChI is InChI=1S/C25H19ClF2N2O3/c1-3-33-18-9-5-15(6-10-18)22-23(29-20-12-16(26)7-4-14(20)2)25(32)30(24(22)31)21-11-8-17(27)13-19(21)28/h4-13,29H,3H2,1-2H3. The Morgan fingerprint density at radius 2 is 1.70 bits per heavy atom. The second-order valence-corrected chi connectivity index (χ2v) is 7.77. The number of imide groups is 1. The van der Waals surface area contributed by atoms with Crippen LogP contribution in [-0.2, 0) is 9.59 Å². The van der Waals surface area contributed by atoms with Gasteiger partial charge in [0.15, 0.2) is 0 Å². The van der Waals surface area contributed by atoms with Crippen molar-refractivity contribution >= 4 is 40.4 Å². The topological polar surface area (TPSA) is 58.6 Å². The molecule has 5 nitrogen and oxygen atoms in total. The van der Waals surface area contributed by atoms with E-state index in [1.807, 2.05) is 13.8 Å². The van der Waals surface area contributed by atoms with E-state index in [-0.39, 0.29) is 17.0 Å². The van der Waals surface area contributed by atoms with Gasteiger partial charge >= 0.3 is 0 Å². The minimum Gasteiger partial charge on any atom is -0.494 e. The zero-order valence-electron chi connectivity index (χ0n) is 17.8. The molecule has 33 heavy (non-hydrogen) atoms. The van der Waals surface area contributed by atoms with Crippen molar-refractivity contribution in [2.45, 2.75) is 13.8 Å². The number of anilines is 2. The summed E-state index contributed by atoms with van der Waals surface area (Å²) in [4.78, 5) is 27.5. The number of ether oxygens (including phenoxy) is 1. The molecule has 0 bridgehead atoms. The van der Waals surface area contributed by atoms with Gasteiger partial charge in [-0.25, -0.2) is 13.7 Å². The van der Waals surface area contributed by atoms with Crippen LogP contribution in [0.15, 0.2) is 66.4 Å². The Kier molecular flexibility index (Phi) is 6.16. The molecule has 1 heterocycles. The minimum absolute atomic E-state index is 0.0433. The second-order valence-electron chi connectivity index (χ2n) is 7.33. The highest BCUT2D eigenvalue weighted by Gasteiger charge is 2.41. The van der Waals surface area contributed by atoms with Crippen molar-refractivity contribution in [3.05, 3.63) is 94.1 Å². The molecular formula is C25H19ClF2N2O3. The number of nitrogens with one attached hydrogen (secondary N) is 1. The molecule has 2 amide bonds. The van der Waals surface area contributed by atoms with Crippen LogP contribution in [0.2, 0.25) is 5.02 Å². The summed E-state index contributed by atoms with van der Waals surface area (Å²) < 4.78 is 33.4. The monoisotopic (exact) mass is 468 g/mol. The third kappa shape index (κ3) is 4.32. The molecule has 0 radical (unpaired) electrons. The second kappa shape index (κ2) is 9.03. The molecule has 0 atom stereocenters. The Balaban J connectivity index is 1.84. The maximum Gasteiger partial charge on any atom is 0.282 e. The van der Waals surface area contributed by atoms with Crippen LogP contribution in [0.5, 0.6) is 5.75 Å².